The zero-order valence-electron chi connectivity index (χ0n) is 11.6. The number of nitro groups is 1. The van der Waals surface area contributed by atoms with E-state index in [1.165, 1.54) is 18.2 Å². The van der Waals surface area contributed by atoms with Crippen molar-refractivity contribution in [1.82, 2.24) is 0 Å². The molecular formula is C16H14N2O4. The second-order valence-electron chi connectivity index (χ2n) is 4.52. The lowest BCUT2D eigenvalue weighted by atomic mass is 10.2. The molecule has 0 aliphatic rings. The third-order valence-electron chi connectivity index (χ3n) is 2.85. The predicted molar refractivity (Wildman–Crippen MR) is 82.1 cm³/mol. The van der Waals surface area contributed by atoms with E-state index in [0.717, 1.165) is 11.1 Å². The maximum absolute atomic E-state index is 10.7. The summed E-state index contributed by atoms with van der Waals surface area (Å²) in [5, 5.41) is 10.6. The summed E-state index contributed by atoms with van der Waals surface area (Å²) in [6.07, 6.45) is 2.87. The van der Waals surface area contributed by atoms with E-state index in [4.69, 9.17) is 10.5 Å². The lowest BCUT2D eigenvalue weighted by molar-refractivity contribution is -0.384. The Bertz CT molecular complexity index is 708. The molecule has 0 heterocycles. The van der Waals surface area contributed by atoms with E-state index in [1.54, 1.807) is 36.4 Å². The molecule has 0 aromatic heterocycles. The molecule has 22 heavy (non-hydrogen) atoms. The van der Waals surface area contributed by atoms with Crippen molar-refractivity contribution >= 4 is 17.7 Å². The van der Waals surface area contributed by atoms with Gasteiger partial charge >= 0.3 is 0 Å². The van der Waals surface area contributed by atoms with Crippen LogP contribution in [0.5, 0.6) is 5.75 Å². The predicted octanol–water partition coefficient (Wildman–Crippen LogP) is 2.67. The minimum Gasteiger partial charge on any atom is -0.489 e. The van der Waals surface area contributed by atoms with Gasteiger partial charge in [-0.3, -0.25) is 14.9 Å². The molecule has 6 heteroatoms. The molecule has 0 bridgehead atoms. The molecule has 0 saturated heterocycles. The number of nitro benzene ring substituents is 1. The summed E-state index contributed by atoms with van der Waals surface area (Å²) >= 11 is 0. The molecule has 1 amide bonds. The number of amides is 1. The zero-order valence-corrected chi connectivity index (χ0v) is 11.6. The lowest BCUT2D eigenvalue weighted by Gasteiger charge is -2.07. The van der Waals surface area contributed by atoms with Crippen molar-refractivity contribution in [1.29, 1.82) is 0 Å². The minimum atomic E-state index is -0.516. The van der Waals surface area contributed by atoms with E-state index >= 15 is 0 Å². The van der Waals surface area contributed by atoms with E-state index in [2.05, 4.69) is 0 Å². The van der Waals surface area contributed by atoms with Crippen molar-refractivity contribution in [2.45, 2.75) is 6.61 Å². The number of ether oxygens (including phenoxy) is 1. The van der Waals surface area contributed by atoms with E-state index < -0.39 is 10.8 Å². The normalized spacial score (nSPS) is 10.5. The number of carbonyl (C=O) groups is 1. The summed E-state index contributed by atoms with van der Waals surface area (Å²) in [6, 6.07) is 13.3. The average molecular weight is 298 g/mol. The van der Waals surface area contributed by atoms with Crippen molar-refractivity contribution in [3.8, 4) is 5.75 Å². The van der Waals surface area contributed by atoms with Gasteiger partial charge in [-0.1, -0.05) is 12.1 Å². The van der Waals surface area contributed by atoms with Gasteiger partial charge in [-0.25, -0.2) is 0 Å². The second kappa shape index (κ2) is 7.03. The van der Waals surface area contributed by atoms with Crippen molar-refractivity contribution in [2.24, 2.45) is 5.73 Å². The summed E-state index contributed by atoms with van der Waals surface area (Å²) in [5.41, 5.74) is 6.70. The largest absolute Gasteiger partial charge is 0.489 e. The highest BCUT2D eigenvalue weighted by atomic mass is 16.6. The van der Waals surface area contributed by atoms with Crippen LogP contribution in [0.3, 0.4) is 0 Å². The van der Waals surface area contributed by atoms with Crippen molar-refractivity contribution < 1.29 is 14.5 Å². The fourth-order valence-electron chi connectivity index (χ4n) is 1.77. The number of hydrogen-bond acceptors (Lipinski definition) is 4. The van der Waals surface area contributed by atoms with Crippen LogP contribution in [0.15, 0.2) is 54.6 Å². The van der Waals surface area contributed by atoms with Gasteiger partial charge in [-0.15, -0.1) is 0 Å². The molecule has 0 aliphatic heterocycles. The number of hydrogen-bond donors (Lipinski definition) is 1. The first kappa shape index (κ1) is 15.2. The molecule has 0 atom stereocenters. The van der Waals surface area contributed by atoms with Crippen LogP contribution in [0.4, 0.5) is 5.69 Å². The van der Waals surface area contributed by atoms with E-state index in [1.807, 2.05) is 6.07 Å². The molecule has 2 rings (SSSR count). The van der Waals surface area contributed by atoms with Crippen LogP contribution in [0.25, 0.3) is 6.08 Å². The first-order chi connectivity index (χ1) is 10.5. The van der Waals surface area contributed by atoms with Crippen LogP contribution in [-0.4, -0.2) is 10.8 Å². The van der Waals surface area contributed by atoms with E-state index in [0.29, 0.717) is 12.4 Å². The number of carbonyl (C=O) groups excluding carboxylic acids is 1. The summed E-state index contributed by atoms with van der Waals surface area (Å²) in [6.45, 7) is 0.293. The Balaban J connectivity index is 2.00. The highest BCUT2D eigenvalue weighted by Crippen LogP contribution is 2.17. The SMILES string of the molecule is NC(=O)/C=C/c1cccc(OCc2ccc([N+](=O)[O-])cc2)c1. The topological polar surface area (TPSA) is 95.5 Å². The van der Waals surface area contributed by atoms with Gasteiger partial charge in [0, 0.05) is 18.2 Å². The van der Waals surface area contributed by atoms with Crippen LogP contribution in [-0.2, 0) is 11.4 Å². The highest BCUT2D eigenvalue weighted by Gasteiger charge is 2.04. The van der Waals surface area contributed by atoms with Gasteiger partial charge in [0.2, 0.25) is 5.91 Å². The van der Waals surface area contributed by atoms with Crippen LogP contribution in [0.2, 0.25) is 0 Å². The summed E-state index contributed by atoms with van der Waals surface area (Å²) < 4.78 is 5.62. The van der Waals surface area contributed by atoms with E-state index in [-0.39, 0.29) is 5.69 Å². The molecule has 2 aromatic carbocycles. The monoisotopic (exact) mass is 298 g/mol. The standard InChI is InChI=1S/C16H14N2O4/c17-16(19)9-6-12-2-1-3-15(10-12)22-11-13-4-7-14(8-5-13)18(20)21/h1-10H,11H2,(H2,17,19)/b9-6+. The molecule has 0 fully saturated rings. The Hall–Kier alpha value is -3.15. The average Bonchev–Trinajstić information content (AvgIpc) is 2.52. The van der Waals surface area contributed by atoms with Gasteiger partial charge in [-0.2, -0.15) is 0 Å². The lowest BCUT2D eigenvalue weighted by Crippen LogP contribution is -2.05. The van der Waals surface area contributed by atoms with Crippen molar-refractivity contribution in [3.05, 3.63) is 75.8 Å². The zero-order chi connectivity index (χ0) is 15.9. The van der Waals surface area contributed by atoms with Crippen LogP contribution < -0.4 is 10.5 Å². The third-order valence-corrected chi connectivity index (χ3v) is 2.85. The van der Waals surface area contributed by atoms with Crippen molar-refractivity contribution in [3.63, 3.8) is 0 Å². The Morgan fingerprint density at radius 3 is 2.59 bits per heavy atom. The summed E-state index contributed by atoms with van der Waals surface area (Å²) in [7, 11) is 0. The van der Waals surface area contributed by atoms with Gasteiger partial charge < -0.3 is 10.5 Å². The molecule has 2 N–H and O–H groups in total. The fourth-order valence-corrected chi connectivity index (χ4v) is 1.77. The Morgan fingerprint density at radius 2 is 1.95 bits per heavy atom. The Kier molecular flexibility index (Phi) is 4.87. The Labute approximate surface area is 127 Å². The molecule has 6 nitrogen and oxygen atoms in total. The smallest absolute Gasteiger partial charge is 0.269 e. The van der Waals surface area contributed by atoms with Gasteiger partial charge in [0.15, 0.2) is 0 Å². The molecule has 0 radical (unpaired) electrons. The quantitative estimate of drug-likeness (QED) is 0.504. The van der Waals surface area contributed by atoms with Crippen LogP contribution >= 0.6 is 0 Å². The maximum Gasteiger partial charge on any atom is 0.269 e. The van der Waals surface area contributed by atoms with Crippen LogP contribution in [0.1, 0.15) is 11.1 Å². The number of rotatable bonds is 6. The summed E-state index contributed by atoms with van der Waals surface area (Å²) in [5.74, 6) is 0.113. The highest BCUT2D eigenvalue weighted by molar-refractivity contribution is 5.90. The summed E-state index contributed by atoms with van der Waals surface area (Å²) in [4.78, 5) is 20.8. The van der Waals surface area contributed by atoms with Crippen LogP contribution in [0, 0.1) is 10.1 Å². The number of primary amides is 1. The molecular weight excluding hydrogens is 284 g/mol. The second-order valence-corrected chi connectivity index (χ2v) is 4.52. The first-order valence-electron chi connectivity index (χ1n) is 6.48. The van der Waals surface area contributed by atoms with Gasteiger partial charge in [0.1, 0.15) is 12.4 Å². The first-order valence-corrected chi connectivity index (χ1v) is 6.48. The van der Waals surface area contributed by atoms with Gasteiger partial charge in [-0.05, 0) is 41.5 Å². The molecule has 2 aromatic rings. The molecule has 0 unspecified atom stereocenters. The molecule has 0 aliphatic carbocycles. The fraction of sp³-hybridized carbons (Fsp3) is 0.0625. The molecule has 0 saturated carbocycles. The number of nitrogens with two attached hydrogens (primary N) is 1. The molecule has 112 valence electrons. The Morgan fingerprint density at radius 1 is 1.23 bits per heavy atom. The number of benzene rings is 2. The van der Waals surface area contributed by atoms with Gasteiger partial charge in [0.25, 0.3) is 5.69 Å². The number of nitrogens with zero attached hydrogens (tertiary/aromatic N) is 1. The van der Waals surface area contributed by atoms with E-state index in [9.17, 15) is 14.9 Å². The third kappa shape index (κ3) is 4.45. The number of non-ortho nitro benzene ring substituents is 1. The van der Waals surface area contributed by atoms with Gasteiger partial charge in [0.05, 0.1) is 4.92 Å². The minimum absolute atomic E-state index is 0.0438. The maximum atomic E-state index is 10.7. The van der Waals surface area contributed by atoms with Crippen molar-refractivity contribution in [2.75, 3.05) is 0 Å². The molecule has 0 spiro atoms.